The molecule has 2 aliphatic carbocycles. The molecule has 2 N–H and O–H groups in total. The lowest BCUT2D eigenvalue weighted by molar-refractivity contribution is -0.133. The van der Waals surface area contributed by atoms with Crippen LogP contribution in [0.2, 0.25) is 0 Å². The van der Waals surface area contributed by atoms with Gasteiger partial charge in [0, 0.05) is 46.7 Å². The molecule has 2 fully saturated rings. The minimum Gasteiger partial charge on any atom is -0.477 e. The largest absolute Gasteiger partial charge is 0.477 e. The first kappa shape index (κ1) is 36.1. The molecular formula is C48H40N4O4. The Bertz CT molecular complexity index is 2270. The van der Waals surface area contributed by atoms with E-state index < -0.39 is 11.9 Å². The maximum absolute atomic E-state index is 11.2. The monoisotopic (exact) mass is 736 g/mol. The van der Waals surface area contributed by atoms with Gasteiger partial charge in [-0.25, -0.2) is 9.59 Å². The van der Waals surface area contributed by atoms with Gasteiger partial charge in [0.05, 0.1) is 0 Å². The molecule has 0 amide bonds. The average molecular weight is 737 g/mol. The fraction of sp³-hybridized carbons (Fsp3) is 0.208. The highest BCUT2D eigenvalue weighted by atomic mass is 16.4. The predicted molar refractivity (Wildman–Crippen MR) is 220 cm³/mol. The minimum absolute atomic E-state index is 0.289. The third-order valence-electron chi connectivity index (χ3n) is 11.7. The Kier molecular flexibility index (Phi) is 9.96. The molecule has 56 heavy (non-hydrogen) atoms. The van der Waals surface area contributed by atoms with Crippen LogP contribution in [0.1, 0.15) is 83.7 Å². The molecule has 0 aromatic heterocycles. The second-order valence-electron chi connectivity index (χ2n) is 14.8. The quantitative estimate of drug-likeness (QED) is 0.0712. The number of carboxylic acids is 2. The fourth-order valence-electron chi connectivity index (χ4n) is 9.14. The highest BCUT2D eigenvalue weighted by Crippen LogP contribution is 2.54. The van der Waals surface area contributed by atoms with Crippen molar-refractivity contribution >= 4 is 59.0 Å². The van der Waals surface area contributed by atoms with Crippen LogP contribution in [0.15, 0.2) is 120 Å². The fourth-order valence-corrected chi connectivity index (χ4v) is 9.14. The van der Waals surface area contributed by atoms with Gasteiger partial charge in [0.1, 0.15) is 23.3 Å². The molecule has 0 bridgehead atoms. The maximum atomic E-state index is 11.2. The van der Waals surface area contributed by atoms with Crippen LogP contribution in [0.3, 0.4) is 0 Å². The van der Waals surface area contributed by atoms with Crippen molar-refractivity contribution in [1.82, 2.24) is 0 Å². The van der Waals surface area contributed by atoms with E-state index in [1.54, 1.807) is 24.3 Å². The van der Waals surface area contributed by atoms with E-state index in [0.29, 0.717) is 23.9 Å². The first-order valence-corrected chi connectivity index (χ1v) is 19.1. The van der Waals surface area contributed by atoms with Crippen LogP contribution in [0, 0.1) is 22.7 Å². The average Bonchev–Trinajstić information content (AvgIpc) is 4.00. The third-order valence-corrected chi connectivity index (χ3v) is 11.7. The second kappa shape index (κ2) is 15.5. The van der Waals surface area contributed by atoms with Gasteiger partial charge in [-0.05, 0) is 120 Å². The number of hydrogen-bond donors (Lipinski definition) is 2. The van der Waals surface area contributed by atoms with E-state index >= 15 is 0 Å². The van der Waals surface area contributed by atoms with E-state index in [9.17, 15) is 9.59 Å². The summed E-state index contributed by atoms with van der Waals surface area (Å²) >= 11 is 0. The molecule has 2 saturated carbocycles. The minimum atomic E-state index is -1.23. The number of nitrogens with zero attached hydrogens (tertiary/aromatic N) is 4. The Morgan fingerprint density at radius 3 is 1.32 bits per heavy atom. The van der Waals surface area contributed by atoms with Gasteiger partial charge in [0.25, 0.3) is 0 Å². The van der Waals surface area contributed by atoms with E-state index in [-0.39, 0.29) is 11.1 Å². The van der Waals surface area contributed by atoms with Crippen molar-refractivity contribution in [2.75, 3.05) is 9.80 Å². The molecular weight excluding hydrogens is 697 g/mol. The van der Waals surface area contributed by atoms with E-state index in [1.165, 1.54) is 58.9 Å². The molecule has 0 spiro atoms. The molecule has 4 aliphatic rings. The molecule has 8 rings (SSSR count). The van der Waals surface area contributed by atoms with Crippen LogP contribution in [0.5, 0.6) is 0 Å². The zero-order chi connectivity index (χ0) is 38.8. The summed E-state index contributed by atoms with van der Waals surface area (Å²) < 4.78 is 0. The number of anilines is 4. The third kappa shape index (κ3) is 6.94. The molecule has 4 aromatic rings. The number of hydrogen-bond acceptors (Lipinski definition) is 6. The zero-order valence-electron chi connectivity index (χ0n) is 30.8. The number of fused-ring (bicyclic) bond motifs is 6. The topological polar surface area (TPSA) is 129 Å². The number of carboxylic acid groups (broad SMARTS) is 2. The van der Waals surface area contributed by atoms with Gasteiger partial charge in [0.15, 0.2) is 0 Å². The van der Waals surface area contributed by atoms with Crippen LogP contribution in [0.25, 0.3) is 24.3 Å². The van der Waals surface area contributed by atoms with Gasteiger partial charge in [-0.1, -0.05) is 85.7 Å². The molecule has 276 valence electrons. The lowest BCUT2D eigenvalue weighted by Crippen LogP contribution is -2.26. The molecule has 4 atom stereocenters. The Hall–Kier alpha value is -6.90. The van der Waals surface area contributed by atoms with Crippen LogP contribution >= 0.6 is 0 Å². The number of aliphatic carboxylic acids is 2. The van der Waals surface area contributed by atoms with Crippen LogP contribution in [-0.4, -0.2) is 34.2 Å². The van der Waals surface area contributed by atoms with Crippen molar-refractivity contribution in [2.45, 2.75) is 62.4 Å². The van der Waals surface area contributed by atoms with Crippen LogP contribution < -0.4 is 9.80 Å². The highest BCUT2D eigenvalue weighted by Gasteiger charge is 2.43. The lowest BCUT2D eigenvalue weighted by Gasteiger charge is -2.27. The van der Waals surface area contributed by atoms with Gasteiger partial charge in [-0.15, -0.1) is 0 Å². The lowest BCUT2D eigenvalue weighted by atomic mass is 9.96. The molecule has 0 saturated heterocycles. The summed E-state index contributed by atoms with van der Waals surface area (Å²) in [7, 11) is 0. The van der Waals surface area contributed by atoms with Crippen LogP contribution in [0.4, 0.5) is 22.7 Å². The summed E-state index contributed by atoms with van der Waals surface area (Å²) in [6.45, 7) is 0. The predicted octanol–water partition coefficient (Wildman–Crippen LogP) is 10.5. The number of nitriles is 2. The summed E-state index contributed by atoms with van der Waals surface area (Å²) in [4.78, 5) is 27.3. The van der Waals surface area contributed by atoms with Crippen molar-refractivity contribution in [3.63, 3.8) is 0 Å². The van der Waals surface area contributed by atoms with Crippen molar-refractivity contribution in [2.24, 2.45) is 0 Å². The van der Waals surface area contributed by atoms with E-state index in [4.69, 9.17) is 20.7 Å². The van der Waals surface area contributed by atoms with Crippen molar-refractivity contribution < 1.29 is 19.8 Å². The van der Waals surface area contributed by atoms with Gasteiger partial charge in [0.2, 0.25) is 0 Å². The molecule has 4 aromatic carbocycles. The Labute approximate surface area is 326 Å². The standard InChI is InChI=1S/C48H40N4O4/c49-29-35(47(53)54)7-1-5-33-19-25-45-41(27-33)39-9-3-11-43(39)51(45)37-21-15-31(16-22-37)13-14-32-17-23-38(24-18-32)52-44-12-4-10-40(44)42-28-34(20-26-46(42)52)6-2-8-36(30-50)48(55)56/h1-2,5-8,13-28,39-40,43-44H,3-4,9-12H2,(H,53,54)(H,55,56)/b5-1-,6-2+,14-13-,35-7-,36-8-. The molecule has 0 radical (unpaired) electrons. The molecule has 2 heterocycles. The highest BCUT2D eigenvalue weighted by molar-refractivity contribution is 5.92. The Balaban J connectivity index is 0.959. The summed E-state index contributed by atoms with van der Waals surface area (Å²) in [6, 6.07) is 34.6. The summed E-state index contributed by atoms with van der Waals surface area (Å²) in [5, 5.41) is 36.3. The van der Waals surface area contributed by atoms with Gasteiger partial charge < -0.3 is 20.0 Å². The summed E-state index contributed by atoms with van der Waals surface area (Å²) in [5.41, 5.74) is 11.1. The van der Waals surface area contributed by atoms with E-state index in [0.717, 1.165) is 47.9 Å². The number of rotatable bonds is 10. The summed E-state index contributed by atoms with van der Waals surface area (Å²) in [5.74, 6) is -1.55. The van der Waals surface area contributed by atoms with E-state index in [2.05, 4.69) is 107 Å². The summed E-state index contributed by atoms with van der Waals surface area (Å²) in [6.07, 6.45) is 20.9. The van der Waals surface area contributed by atoms with Crippen molar-refractivity contribution in [3.8, 4) is 12.1 Å². The molecule has 8 heteroatoms. The van der Waals surface area contributed by atoms with Crippen molar-refractivity contribution in [1.29, 1.82) is 10.5 Å². The molecule has 2 aliphatic heterocycles. The first-order chi connectivity index (χ1) is 27.3. The number of benzene rings is 4. The number of allylic oxidation sites excluding steroid dienone is 4. The van der Waals surface area contributed by atoms with E-state index in [1.807, 2.05) is 12.2 Å². The molecule has 8 nitrogen and oxygen atoms in total. The van der Waals surface area contributed by atoms with Crippen LogP contribution in [-0.2, 0) is 9.59 Å². The number of carbonyl (C=O) groups is 2. The van der Waals surface area contributed by atoms with Gasteiger partial charge in [-0.2, -0.15) is 10.5 Å². The Morgan fingerprint density at radius 2 is 0.946 bits per heavy atom. The molecule has 4 unspecified atom stereocenters. The smallest absolute Gasteiger partial charge is 0.346 e. The Morgan fingerprint density at radius 1 is 0.554 bits per heavy atom. The zero-order valence-corrected chi connectivity index (χ0v) is 30.8. The maximum Gasteiger partial charge on any atom is 0.346 e. The van der Waals surface area contributed by atoms with Crippen molar-refractivity contribution in [3.05, 3.63) is 154 Å². The first-order valence-electron chi connectivity index (χ1n) is 19.1. The van der Waals surface area contributed by atoms with Gasteiger partial charge >= 0.3 is 11.9 Å². The normalized spacial score (nSPS) is 21.3. The second-order valence-corrected chi connectivity index (χ2v) is 14.8. The van der Waals surface area contributed by atoms with Gasteiger partial charge in [-0.3, -0.25) is 0 Å². The SMILES string of the molecule is N#C/C(=C/C=C\c1ccc2c(c1)C1CCCC1N2c1ccc(/C=C\c2ccc(N3c4ccc(/C=C/C=C(/C#N)C(=O)O)cc4C4CCCC43)cc2)cc1)C(=O)O.